The molecule has 1 aromatic carbocycles. The maximum absolute atomic E-state index is 4.33. The van der Waals surface area contributed by atoms with E-state index in [1.807, 2.05) is 30.5 Å². The second kappa shape index (κ2) is 4.53. The summed E-state index contributed by atoms with van der Waals surface area (Å²) >= 11 is 0. The fourth-order valence-corrected chi connectivity index (χ4v) is 2.18. The van der Waals surface area contributed by atoms with Crippen LogP contribution in [-0.4, -0.2) is 9.97 Å². The highest BCUT2D eigenvalue weighted by molar-refractivity contribution is 5.81. The Balaban J connectivity index is 1.89. The molecule has 0 saturated heterocycles. The lowest BCUT2D eigenvalue weighted by molar-refractivity contribution is 1.11. The number of rotatable bonds is 3. The predicted molar refractivity (Wildman–Crippen MR) is 74.6 cm³/mol. The summed E-state index contributed by atoms with van der Waals surface area (Å²) in [6.45, 7) is 2.89. The third-order valence-electron chi connectivity index (χ3n) is 3.13. The summed E-state index contributed by atoms with van der Waals surface area (Å²) < 4.78 is 0. The molecule has 2 heterocycles. The first-order valence-corrected chi connectivity index (χ1v) is 6.05. The fraction of sp³-hybridized carbons (Fsp3) is 0.133. The summed E-state index contributed by atoms with van der Waals surface area (Å²) in [6.07, 6.45) is 1.81. The Labute approximate surface area is 106 Å². The zero-order chi connectivity index (χ0) is 12.4. The number of fused-ring (bicyclic) bond motifs is 1. The van der Waals surface area contributed by atoms with Crippen molar-refractivity contribution in [2.75, 3.05) is 5.32 Å². The van der Waals surface area contributed by atoms with Crippen LogP contribution in [0, 0.1) is 6.92 Å². The summed E-state index contributed by atoms with van der Waals surface area (Å²) in [5.74, 6) is 0. The third kappa shape index (κ3) is 1.95. The average molecular weight is 237 g/mol. The lowest BCUT2D eigenvalue weighted by Crippen LogP contribution is -1.99. The number of para-hydroxylation sites is 1. The molecular weight excluding hydrogens is 222 g/mol. The van der Waals surface area contributed by atoms with Gasteiger partial charge < -0.3 is 10.3 Å². The number of benzene rings is 1. The normalized spacial score (nSPS) is 10.7. The Morgan fingerprint density at radius 1 is 1.11 bits per heavy atom. The minimum Gasteiger partial charge on any atom is -0.381 e. The monoisotopic (exact) mass is 237 g/mol. The SMILES string of the molecule is Cc1[nH]c2ncccc2c1CNc1ccccc1. The molecule has 0 amide bonds. The van der Waals surface area contributed by atoms with Gasteiger partial charge in [0.1, 0.15) is 5.65 Å². The zero-order valence-corrected chi connectivity index (χ0v) is 10.3. The van der Waals surface area contributed by atoms with Crippen molar-refractivity contribution in [2.45, 2.75) is 13.5 Å². The lowest BCUT2D eigenvalue weighted by Gasteiger charge is -2.06. The van der Waals surface area contributed by atoms with Gasteiger partial charge in [0, 0.05) is 35.1 Å². The first-order valence-electron chi connectivity index (χ1n) is 6.05. The summed E-state index contributed by atoms with van der Waals surface area (Å²) in [7, 11) is 0. The molecule has 0 saturated carbocycles. The number of aryl methyl sites for hydroxylation is 1. The molecule has 0 unspecified atom stereocenters. The lowest BCUT2D eigenvalue weighted by atomic mass is 10.1. The number of hydrogen-bond acceptors (Lipinski definition) is 2. The smallest absolute Gasteiger partial charge is 0.137 e. The van der Waals surface area contributed by atoms with Crippen LogP contribution >= 0.6 is 0 Å². The van der Waals surface area contributed by atoms with E-state index in [1.54, 1.807) is 0 Å². The predicted octanol–water partition coefficient (Wildman–Crippen LogP) is 3.48. The highest BCUT2D eigenvalue weighted by atomic mass is 14.9. The Morgan fingerprint density at radius 2 is 1.94 bits per heavy atom. The number of aromatic nitrogens is 2. The summed E-state index contributed by atoms with van der Waals surface area (Å²) in [4.78, 5) is 7.65. The molecule has 3 rings (SSSR count). The highest BCUT2D eigenvalue weighted by Crippen LogP contribution is 2.21. The van der Waals surface area contributed by atoms with Crippen LogP contribution in [0.5, 0.6) is 0 Å². The quantitative estimate of drug-likeness (QED) is 0.732. The molecule has 0 aliphatic heterocycles. The third-order valence-corrected chi connectivity index (χ3v) is 3.13. The van der Waals surface area contributed by atoms with Gasteiger partial charge in [-0.25, -0.2) is 4.98 Å². The van der Waals surface area contributed by atoms with Crippen molar-refractivity contribution in [1.82, 2.24) is 9.97 Å². The molecule has 0 fully saturated rings. The topological polar surface area (TPSA) is 40.7 Å². The fourth-order valence-electron chi connectivity index (χ4n) is 2.18. The van der Waals surface area contributed by atoms with Crippen LogP contribution < -0.4 is 5.32 Å². The number of hydrogen-bond donors (Lipinski definition) is 2. The Hall–Kier alpha value is -2.29. The summed E-state index contributed by atoms with van der Waals surface area (Å²) in [5, 5.41) is 4.63. The molecule has 2 aromatic heterocycles. The number of aromatic amines is 1. The van der Waals surface area contributed by atoms with Gasteiger partial charge in [-0.1, -0.05) is 18.2 Å². The van der Waals surface area contributed by atoms with Crippen molar-refractivity contribution < 1.29 is 0 Å². The molecule has 0 bridgehead atoms. The molecular formula is C15H15N3. The van der Waals surface area contributed by atoms with E-state index in [-0.39, 0.29) is 0 Å². The summed E-state index contributed by atoms with van der Waals surface area (Å²) in [5.41, 5.74) is 4.55. The van der Waals surface area contributed by atoms with E-state index in [0.29, 0.717) is 0 Å². The zero-order valence-electron chi connectivity index (χ0n) is 10.3. The number of H-pyrrole nitrogens is 1. The molecule has 2 N–H and O–H groups in total. The molecule has 3 aromatic rings. The van der Waals surface area contributed by atoms with E-state index >= 15 is 0 Å². The van der Waals surface area contributed by atoms with E-state index in [9.17, 15) is 0 Å². The largest absolute Gasteiger partial charge is 0.381 e. The second-order valence-corrected chi connectivity index (χ2v) is 4.35. The van der Waals surface area contributed by atoms with Gasteiger partial charge in [0.15, 0.2) is 0 Å². The number of pyridine rings is 1. The molecule has 0 atom stereocenters. The van der Waals surface area contributed by atoms with Gasteiger partial charge in [0.05, 0.1) is 0 Å². The number of anilines is 1. The molecule has 18 heavy (non-hydrogen) atoms. The number of nitrogens with zero attached hydrogens (tertiary/aromatic N) is 1. The van der Waals surface area contributed by atoms with Gasteiger partial charge >= 0.3 is 0 Å². The van der Waals surface area contributed by atoms with Crippen molar-refractivity contribution in [3.05, 3.63) is 59.9 Å². The van der Waals surface area contributed by atoms with Crippen LogP contribution in [-0.2, 0) is 6.54 Å². The van der Waals surface area contributed by atoms with Crippen molar-refractivity contribution >= 4 is 16.7 Å². The minimum atomic E-state index is 0.807. The van der Waals surface area contributed by atoms with Gasteiger partial charge in [-0.2, -0.15) is 0 Å². The van der Waals surface area contributed by atoms with E-state index in [2.05, 4.69) is 40.4 Å². The minimum absolute atomic E-state index is 0.807. The maximum Gasteiger partial charge on any atom is 0.137 e. The van der Waals surface area contributed by atoms with E-state index in [1.165, 1.54) is 16.6 Å². The first-order chi connectivity index (χ1) is 8.84. The first kappa shape index (κ1) is 10.8. The van der Waals surface area contributed by atoms with Crippen LogP contribution in [0.2, 0.25) is 0 Å². The standard InChI is InChI=1S/C15H15N3/c1-11-14(10-17-12-6-3-2-4-7-12)13-8-5-9-16-15(13)18-11/h2-9,17H,10H2,1H3,(H,16,18). The molecule has 3 nitrogen and oxygen atoms in total. The maximum atomic E-state index is 4.33. The molecule has 0 radical (unpaired) electrons. The average Bonchev–Trinajstić information content (AvgIpc) is 2.73. The van der Waals surface area contributed by atoms with Gasteiger partial charge in [0.25, 0.3) is 0 Å². The molecule has 0 spiro atoms. The van der Waals surface area contributed by atoms with Crippen molar-refractivity contribution in [3.8, 4) is 0 Å². The van der Waals surface area contributed by atoms with Crippen molar-refractivity contribution in [1.29, 1.82) is 0 Å². The van der Waals surface area contributed by atoms with Gasteiger partial charge in [0.2, 0.25) is 0 Å². The summed E-state index contributed by atoms with van der Waals surface area (Å²) in [6, 6.07) is 14.3. The Bertz CT molecular complexity index is 656. The van der Waals surface area contributed by atoms with Crippen molar-refractivity contribution in [2.24, 2.45) is 0 Å². The van der Waals surface area contributed by atoms with E-state index < -0.39 is 0 Å². The molecule has 3 heteroatoms. The second-order valence-electron chi connectivity index (χ2n) is 4.35. The molecule has 0 aliphatic rings. The van der Waals surface area contributed by atoms with E-state index in [4.69, 9.17) is 0 Å². The van der Waals surface area contributed by atoms with Crippen LogP contribution in [0.3, 0.4) is 0 Å². The van der Waals surface area contributed by atoms with Crippen LogP contribution in [0.15, 0.2) is 48.7 Å². The van der Waals surface area contributed by atoms with Crippen molar-refractivity contribution in [3.63, 3.8) is 0 Å². The molecule has 90 valence electrons. The highest BCUT2D eigenvalue weighted by Gasteiger charge is 2.07. The number of nitrogens with one attached hydrogen (secondary N) is 2. The van der Waals surface area contributed by atoms with Crippen LogP contribution in [0.1, 0.15) is 11.3 Å². The Morgan fingerprint density at radius 3 is 2.78 bits per heavy atom. The van der Waals surface area contributed by atoms with Gasteiger partial charge in [-0.05, 0) is 31.2 Å². The van der Waals surface area contributed by atoms with Crippen LogP contribution in [0.4, 0.5) is 5.69 Å². The van der Waals surface area contributed by atoms with E-state index in [0.717, 1.165) is 17.9 Å². The molecule has 0 aliphatic carbocycles. The van der Waals surface area contributed by atoms with Crippen LogP contribution in [0.25, 0.3) is 11.0 Å². The van der Waals surface area contributed by atoms with Gasteiger partial charge in [-0.15, -0.1) is 0 Å². The Kier molecular flexibility index (Phi) is 2.73. The van der Waals surface area contributed by atoms with Gasteiger partial charge in [-0.3, -0.25) is 0 Å².